The maximum absolute atomic E-state index is 11.7. The number of carboxylic acid groups (broad SMARTS) is 1. The highest BCUT2D eigenvalue weighted by Crippen LogP contribution is 2.24. The van der Waals surface area contributed by atoms with Crippen LogP contribution in [0, 0.1) is 5.92 Å². The van der Waals surface area contributed by atoms with E-state index in [1.807, 2.05) is 0 Å². The molecule has 0 unspecified atom stereocenters. The summed E-state index contributed by atoms with van der Waals surface area (Å²) in [5, 5.41) is 19.2. The topological polar surface area (TPSA) is 77.8 Å². The van der Waals surface area contributed by atoms with Crippen LogP contribution in [0.25, 0.3) is 0 Å². The lowest BCUT2D eigenvalue weighted by atomic mass is 9.95. The Bertz CT molecular complexity index is 354. The van der Waals surface area contributed by atoms with E-state index in [1.54, 1.807) is 12.2 Å². The van der Waals surface area contributed by atoms with Crippen LogP contribution in [0.2, 0.25) is 0 Å². The molecule has 1 amide bonds. The minimum atomic E-state index is -1.10. The van der Waals surface area contributed by atoms with Gasteiger partial charge in [-0.05, 0) is 12.8 Å². The van der Waals surface area contributed by atoms with Crippen molar-refractivity contribution >= 4 is 11.9 Å². The van der Waals surface area contributed by atoms with E-state index >= 15 is 0 Å². The summed E-state index contributed by atoms with van der Waals surface area (Å²) in [6, 6.07) is 0. The summed E-state index contributed by atoms with van der Waals surface area (Å²) in [4.78, 5) is 23.9. The van der Waals surface area contributed by atoms with Gasteiger partial charge in [-0.2, -0.15) is 0 Å². The number of nitrogens with zero attached hydrogens (tertiary/aromatic N) is 1. The lowest BCUT2D eigenvalue weighted by Gasteiger charge is -2.30. The van der Waals surface area contributed by atoms with Crippen LogP contribution in [-0.4, -0.2) is 45.7 Å². The molecule has 100 valence electrons. The van der Waals surface area contributed by atoms with E-state index in [1.165, 1.54) is 4.90 Å². The standard InChI is InChI=1S/C13H19NO4/c1-3-5-13(18,6-4-2)9-14-8-10(12(16)17)7-11(14)15/h3-4,10,18H,1-2,5-9H2,(H,16,17)/t10-/m1/s1. The lowest BCUT2D eigenvalue weighted by molar-refractivity contribution is -0.141. The van der Waals surface area contributed by atoms with Crippen molar-refractivity contribution in [2.75, 3.05) is 13.1 Å². The first-order valence-corrected chi connectivity index (χ1v) is 5.86. The van der Waals surface area contributed by atoms with Crippen LogP contribution in [0.5, 0.6) is 0 Å². The highest BCUT2D eigenvalue weighted by atomic mass is 16.4. The van der Waals surface area contributed by atoms with E-state index in [-0.39, 0.29) is 25.4 Å². The van der Waals surface area contributed by atoms with Crippen LogP contribution < -0.4 is 0 Å². The van der Waals surface area contributed by atoms with E-state index in [0.29, 0.717) is 12.8 Å². The average Bonchev–Trinajstić information content (AvgIpc) is 2.61. The van der Waals surface area contributed by atoms with Crippen molar-refractivity contribution in [2.45, 2.75) is 24.9 Å². The van der Waals surface area contributed by atoms with Crippen LogP contribution in [0.1, 0.15) is 19.3 Å². The Hall–Kier alpha value is -1.62. The number of carbonyl (C=O) groups excluding carboxylic acids is 1. The van der Waals surface area contributed by atoms with E-state index in [4.69, 9.17) is 5.11 Å². The summed E-state index contributed by atoms with van der Waals surface area (Å²) >= 11 is 0. The number of β-amino-alcohol motifs (C(OH)–C–C–N with tert-alkyl or cyclic N) is 1. The monoisotopic (exact) mass is 253 g/mol. The summed E-state index contributed by atoms with van der Waals surface area (Å²) < 4.78 is 0. The van der Waals surface area contributed by atoms with Crippen molar-refractivity contribution in [3.63, 3.8) is 0 Å². The Morgan fingerprint density at radius 1 is 1.44 bits per heavy atom. The second-order valence-corrected chi connectivity index (χ2v) is 4.72. The van der Waals surface area contributed by atoms with Crippen LogP contribution in [0.4, 0.5) is 0 Å². The fourth-order valence-electron chi connectivity index (χ4n) is 2.20. The third kappa shape index (κ3) is 3.43. The van der Waals surface area contributed by atoms with Crippen molar-refractivity contribution in [3.8, 4) is 0 Å². The minimum Gasteiger partial charge on any atom is -0.481 e. The van der Waals surface area contributed by atoms with Gasteiger partial charge >= 0.3 is 5.97 Å². The number of aliphatic carboxylic acids is 1. The van der Waals surface area contributed by atoms with E-state index in [2.05, 4.69) is 13.2 Å². The van der Waals surface area contributed by atoms with Crippen LogP contribution in [0.3, 0.4) is 0 Å². The molecule has 0 saturated carbocycles. The molecule has 18 heavy (non-hydrogen) atoms. The zero-order valence-corrected chi connectivity index (χ0v) is 10.3. The maximum Gasteiger partial charge on any atom is 0.308 e. The highest BCUT2D eigenvalue weighted by Gasteiger charge is 2.38. The number of hydrogen-bond acceptors (Lipinski definition) is 3. The van der Waals surface area contributed by atoms with Gasteiger partial charge in [0.15, 0.2) is 0 Å². The molecule has 1 fully saturated rings. The van der Waals surface area contributed by atoms with Gasteiger partial charge in [-0.25, -0.2) is 0 Å². The first kappa shape index (κ1) is 14.4. The molecular formula is C13H19NO4. The number of rotatable bonds is 7. The molecule has 0 radical (unpaired) electrons. The Morgan fingerprint density at radius 3 is 2.39 bits per heavy atom. The molecule has 0 aromatic carbocycles. The molecule has 0 aromatic rings. The summed E-state index contributed by atoms with van der Waals surface area (Å²) in [6.45, 7) is 7.42. The first-order valence-electron chi connectivity index (χ1n) is 5.86. The Balaban J connectivity index is 2.70. The SMILES string of the molecule is C=CCC(O)(CC=C)CN1C[C@H](C(=O)O)CC1=O. The van der Waals surface area contributed by atoms with Gasteiger partial charge < -0.3 is 15.1 Å². The molecule has 1 heterocycles. The van der Waals surface area contributed by atoms with Gasteiger partial charge in [0, 0.05) is 19.5 Å². The van der Waals surface area contributed by atoms with E-state index < -0.39 is 17.5 Å². The predicted octanol–water partition coefficient (Wildman–Crippen LogP) is 0.803. The average molecular weight is 253 g/mol. The van der Waals surface area contributed by atoms with Gasteiger partial charge in [0.2, 0.25) is 5.91 Å². The minimum absolute atomic E-state index is 0.00753. The summed E-state index contributed by atoms with van der Waals surface area (Å²) in [5.41, 5.74) is -1.10. The number of amides is 1. The lowest BCUT2D eigenvalue weighted by Crippen LogP contribution is -2.43. The highest BCUT2D eigenvalue weighted by molar-refractivity contribution is 5.86. The second-order valence-electron chi connectivity index (χ2n) is 4.72. The van der Waals surface area contributed by atoms with Crippen molar-refractivity contribution in [3.05, 3.63) is 25.3 Å². The normalized spacial score (nSPS) is 19.9. The van der Waals surface area contributed by atoms with Crippen LogP contribution in [-0.2, 0) is 9.59 Å². The predicted molar refractivity (Wildman–Crippen MR) is 66.9 cm³/mol. The molecule has 0 aliphatic carbocycles. The van der Waals surface area contributed by atoms with Crippen molar-refractivity contribution in [1.29, 1.82) is 0 Å². The molecule has 1 rings (SSSR count). The molecule has 5 heteroatoms. The van der Waals surface area contributed by atoms with E-state index in [9.17, 15) is 14.7 Å². The molecule has 1 atom stereocenters. The molecular weight excluding hydrogens is 234 g/mol. The molecule has 2 N–H and O–H groups in total. The second kappa shape index (κ2) is 5.82. The van der Waals surface area contributed by atoms with Gasteiger partial charge in [-0.3, -0.25) is 9.59 Å². The molecule has 5 nitrogen and oxygen atoms in total. The molecule has 0 aromatic heterocycles. The third-order valence-corrected chi connectivity index (χ3v) is 3.10. The summed E-state index contributed by atoms with van der Waals surface area (Å²) in [6.07, 6.45) is 3.84. The Morgan fingerprint density at radius 2 is 2.00 bits per heavy atom. The van der Waals surface area contributed by atoms with Gasteiger partial charge in [0.25, 0.3) is 0 Å². The van der Waals surface area contributed by atoms with Crippen molar-refractivity contribution < 1.29 is 19.8 Å². The number of hydrogen-bond donors (Lipinski definition) is 2. The fourth-order valence-corrected chi connectivity index (χ4v) is 2.20. The third-order valence-electron chi connectivity index (χ3n) is 3.10. The van der Waals surface area contributed by atoms with Gasteiger partial charge in [0.05, 0.1) is 11.5 Å². The molecule has 0 bridgehead atoms. The molecule has 0 spiro atoms. The fraction of sp³-hybridized carbons (Fsp3) is 0.538. The van der Waals surface area contributed by atoms with Crippen molar-refractivity contribution in [1.82, 2.24) is 4.90 Å². The Kier molecular flexibility index (Phi) is 4.67. The largest absolute Gasteiger partial charge is 0.481 e. The zero-order valence-electron chi connectivity index (χ0n) is 10.3. The maximum atomic E-state index is 11.7. The Labute approximate surface area is 106 Å². The zero-order chi connectivity index (χ0) is 13.8. The smallest absolute Gasteiger partial charge is 0.308 e. The number of aliphatic hydroxyl groups is 1. The van der Waals surface area contributed by atoms with Crippen molar-refractivity contribution in [2.24, 2.45) is 5.92 Å². The molecule has 1 saturated heterocycles. The van der Waals surface area contributed by atoms with Gasteiger partial charge in [0.1, 0.15) is 0 Å². The van der Waals surface area contributed by atoms with Crippen LogP contribution in [0.15, 0.2) is 25.3 Å². The van der Waals surface area contributed by atoms with Gasteiger partial charge in [-0.15, -0.1) is 13.2 Å². The summed E-state index contributed by atoms with van der Waals surface area (Å²) in [5.74, 6) is -1.87. The van der Waals surface area contributed by atoms with Crippen LogP contribution >= 0.6 is 0 Å². The number of likely N-dealkylation sites (tertiary alicyclic amines) is 1. The van der Waals surface area contributed by atoms with Gasteiger partial charge in [-0.1, -0.05) is 12.2 Å². The summed E-state index contributed by atoms with van der Waals surface area (Å²) in [7, 11) is 0. The molecule has 1 aliphatic heterocycles. The molecule has 1 aliphatic rings. The number of carboxylic acids is 1. The number of carbonyl (C=O) groups is 2. The van der Waals surface area contributed by atoms with E-state index in [0.717, 1.165) is 0 Å². The first-order chi connectivity index (χ1) is 8.41. The quantitative estimate of drug-likeness (QED) is 0.658.